The molecule has 1 fully saturated rings. The van der Waals surface area contributed by atoms with Crippen molar-refractivity contribution in [1.29, 1.82) is 0 Å². The van der Waals surface area contributed by atoms with Crippen LogP contribution in [0.2, 0.25) is 0 Å². The van der Waals surface area contributed by atoms with Crippen LogP contribution in [-0.2, 0) is 0 Å². The molecule has 1 saturated heterocycles. The van der Waals surface area contributed by atoms with Gasteiger partial charge < -0.3 is 20.0 Å². The Labute approximate surface area is 109 Å². The van der Waals surface area contributed by atoms with Crippen molar-refractivity contribution in [2.75, 3.05) is 13.1 Å². The van der Waals surface area contributed by atoms with Gasteiger partial charge in [-0.1, -0.05) is 0 Å². The average molecular weight is 261 g/mol. The minimum Gasteiger partial charge on any atom is -0.391 e. The zero-order valence-electron chi connectivity index (χ0n) is 10.3. The lowest BCUT2D eigenvalue weighted by molar-refractivity contribution is 0.0474. The van der Waals surface area contributed by atoms with E-state index in [1.807, 2.05) is 0 Å². The average Bonchev–Trinajstić information content (AvgIpc) is 2.76. The fraction of sp³-hybridized carbons (Fsp3) is 0.385. The number of nitrogens with zero attached hydrogens (tertiary/aromatic N) is 1. The van der Waals surface area contributed by atoms with Gasteiger partial charge in [-0.05, 0) is 31.0 Å². The molecule has 19 heavy (non-hydrogen) atoms. The third-order valence-electron chi connectivity index (χ3n) is 3.45. The highest BCUT2D eigenvalue weighted by Crippen LogP contribution is 2.16. The van der Waals surface area contributed by atoms with Crippen LogP contribution < -0.4 is 5.69 Å². The Morgan fingerprint density at radius 1 is 1.32 bits per heavy atom. The van der Waals surface area contributed by atoms with E-state index in [1.165, 1.54) is 0 Å². The topological polar surface area (TPSA) is 89.2 Å². The summed E-state index contributed by atoms with van der Waals surface area (Å²) in [6.07, 6.45) is 1.12. The van der Waals surface area contributed by atoms with Crippen molar-refractivity contribution in [3.05, 3.63) is 34.2 Å². The van der Waals surface area contributed by atoms with Crippen molar-refractivity contribution in [3.8, 4) is 0 Å². The molecule has 0 spiro atoms. The van der Waals surface area contributed by atoms with E-state index in [9.17, 15) is 14.7 Å². The first-order valence-electron chi connectivity index (χ1n) is 6.33. The number of aliphatic hydroxyl groups is 1. The maximum absolute atomic E-state index is 12.3. The molecule has 2 heterocycles. The molecule has 100 valence electrons. The summed E-state index contributed by atoms with van der Waals surface area (Å²) in [4.78, 5) is 30.4. The SMILES string of the molecule is O=C(c1ccc2[nH]c(=O)[nH]c2c1)N1CCCC(O)C1. The van der Waals surface area contributed by atoms with Crippen molar-refractivity contribution in [3.63, 3.8) is 0 Å². The Hall–Kier alpha value is -2.08. The van der Waals surface area contributed by atoms with E-state index in [2.05, 4.69) is 9.97 Å². The van der Waals surface area contributed by atoms with Crippen molar-refractivity contribution in [2.45, 2.75) is 18.9 Å². The van der Waals surface area contributed by atoms with Gasteiger partial charge in [0.1, 0.15) is 0 Å². The highest BCUT2D eigenvalue weighted by Gasteiger charge is 2.23. The molecule has 0 saturated carbocycles. The van der Waals surface area contributed by atoms with Crippen LogP contribution in [0.1, 0.15) is 23.2 Å². The third kappa shape index (κ3) is 2.26. The van der Waals surface area contributed by atoms with Gasteiger partial charge in [-0.2, -0.15) is 0 Å². The number of carbonyl (C=O) groups is 1. The molecule has 1 aromatic carbocycles. The fourth-order valence-corrected chi connectivity index (χ4v) is 2.49. The molecule has 2 aromatic rings. The van der Waals surface area contributed by atoms with E-state index in [4.69, 9.17) is 0 Å². The van der Waals surface area contributed by atoms with Gasteiger partial charge in [0.15, 0.2) is 0 Å². The smallest absolute Gasteiger partial charge is 0.323 e. The molecular weight excluding hydrogens is 246 g/mol. The summed E-state index contributed by atoms with van der Waals surface area (Å²) in [7, 11) is 0. The Bertz CT molecular complexity index is 673. The molecule has 1 unspecified atom stereocenters. The van der Waals surface area contributed by atoms with Crippen LogP contribution >= 0.6 is 0 Å². The number of hydrogen-bond donors (Lipinski definition) is 3. The van der Waals surface area contributed by atoms with Crippen LogP contribution in [0, 0.1) is 0 Å². The van der Waals surface area contributed by atoms with Crippen molar-refractivity contribution >= 4 is 16.9 Å². The van der Waals surface area contributed by atoms with Crippen LogP contribution in [-0.4, -0.2) is 45.1 Å². The van der Waals surface area contributed by atoms with Crippen LogP contribution in [0.25, 0.3) is 11.0 Å². The number of piperidine rings is 1. The number of aromatic amines is 2. The lowest BCUT2D eigenvalue weighted by Crippen LogP contribution is -2.42. The zero-order valence-corrected chi connectivity index (χ0v) is 10.3. The number of nitrogens with one attached hydrogen (secondary N) is 2. The van der Waals surface area contributed by atoms with Crippen molar-refractivity contribution in [1.82, 2.24) is 14.9 Å². The highest BCUT2D eigenvalue weighted by molar-refractivity contribution is 5.97. The highest BCUT2D eigenvalue weighted by atomic mass is 16.3. The monoisotopic (exact) mass is 261 g/mol. The minimum atomic E-state index is -0.437. The number of carbonyl (C=O) groups excluding carboxylic acids is 1. The summed E-state index contributed by atoms with van der Waals surface area (Å²) in [6, 6.07) is 5.06. The quantitative estimate of drug-likeness (QED) is 0.696. The minimum absolute atomic E-state index is 0.109. The van der Waals surface area contributed by atoms with E-state index in [-0.39, 0.29) is 11.6 Å². The van der Waals surface area contributed by atoms with Gasteiger partial charge in [-0.15, -0.1) is 0 Å². The normalized spacial score (nSPS) is 19.8. The molecule has 3 rings (SSSR count). The number of hydrogen-bond acceptors (Lipinski definition) is 3. The van der Waals surface area contributed by atoms with Crippen LogP contribution in [0.5, 0.6) is 0 Å². The third-order valence-corrected chi connectivity index (χ3v) is 3.45. The van der Waals surface area contributed by atoms with Gasteiger partial charge in [0.2, 0.25) is 0 Å². The molecule has 3 N–H and O–H groups in total. The number of fused-ring (bicyclic) bond motifs is 1. The molecule has 1 aliphatic heterocycles. The maximum atomic E-state index is 12.3. The lowest BCUT2D eigenvalue weighted by atomic mass is 10.1. The number of H-pyrrole nitrogens is 2. The molecule has 1 atom stereocenters. The van der Waals surface area contributed by atoms with Gasteiger partial charge in [-0.3, -0.25) is 4.79 Å². The number of likely N-dealkylation sites (tertiary alicyclic amines) is 1. The number of imidazole rings is 1. The van der Waals surface area contributed by atoms with Crippen LogP contribution in [0.3, 0.4) is 0 Å². The first-order valence-corrected chi connectivity index (χ1v) is 6.33. The van der Waals surface area contributed by atoms with Crippen LogP contribution in [0.15, 0.2) is 23.0 Å². The molecule has 1 aromatic heterocycles. The van der Waals surface area contributed by atoms with Crippen molar-refractivity contribution in [2.24, 2.45) is 0 Å². The Morgan fingerprint density at radius 2 is 2.11 bits per heavy atom. The molecular formula is C13H15N3O3. The second-order valence-electron chi connectivity index (χ2n) is 4.89. The molecule has 0 aliphatic carbocycles. The molecule has 6 nitrogen and oxygen atoms in total. The summed E-state index contributed by atoms with van der Waals surface area (Å²) in [6.45, 7) is 1.04. The summed E-state index contributed by atoms with van der Waals surface area (Å²) in [5, 5.41) is 9.60. The zero-order chi connectivity index (χ0) is 13.4. The first kappa shape index (κ1) is 12.0. The van der Waals surface area contributed by atoms with E-state index in [1.54, 1.807) is 23.1 Å². The fourth-order valence-electron chi connectivity index (χ4n) is 2.49. The second kappa shape index (κ2) is 4.55. The van der Waals surface area contributed by atoms with Gasteiger partial charge in [0.05, 0.1) is 17.1 Å². The van der Waals surface area contributed by atoms with Crippen LogP contribution in [0.4, 0.5) is 0 Å². The van der Waals surface area contributed by atoms with Gasteiger partial charge in [0.25, 0.3) is 5.91 Å². The number of benzene rings is 1. The predicted octanol–water partition coefficient (Wildman–Crippen LogP) is 0.453. The van der Waals surface area contributed by atoms with E-state index < -0.39 is 6.10 Å². The lowest BCUT2D eigenvalue weighted by Gasteiger charge is -2.30. The molecule has 0 bridgehead atoms. The Balaban J connectivity index is 1.90. The van der Waals surface area contributed by atoms with E-state index in [0.717, 1.165) is 12.8 Å². The second-order valence-corrected chi connectivity index (χ2v) is 4.89. The Morgan fingerprint density at radius 3 is 2.89 bits per heavy atom. The Kier molecular flexibility index (Phi) is 2.87. The van der Waals surface area contributed by atoms with E-state index in [0.29, 0.717) is 29.7 Å². The summed E-state index contributed by atoms with van der Waals surface area (Å²) >= 11 is 0. The molecule has 1 aliphatic rings. The number of aliphatic hydroxyl groups excluding tert-OH is 1. The summed E-state index contributed by atoms with van der Waals surface area (Å²) in [5.74, 6) is -0.109. The number of amides is 1. The number of aromatic nitrogens is 2. The summed E-state index contributed by atoms with van der Waals surface area (Å²) in [5.41, 5.74) is 1.54. The van der Waals surface area contributed by atoms with Gasteiger partial charge >= 0.3 is 5.69 Å². The predicted molar refractivity (Wildman–Crippen MR) is 70.1 cm³/mol. The molecule has 1 amide bonds. The number of β-amino-alcohol motifs (C(OH)–C–C–N with tert-alkyl or cyclic N) is 1. The standard InChI is InChI=1S/C13H15N3O3/c17-9-2-1-5-16(7-9)12(18)8-3-4-10-11(6-8)15-13(19)14-10/h3-4,6,9,17H,1-2,5,7H2,(H2,14,15,19). The summed E-state index contributed by atoms with van der Waals surface area (Å²) < 4.78 is 0. The van der Waals surface area contributed by atoms with Crippen molar-refractivity contribution < 1.29 is 9.90 Å². The largest absolute Gasteiger partial charge is 0.391 e. The van der Waals surface area contributed by atoms with Gasteiger partial charge in [-0.25, -0.2) is 4.79 Å². The molecule has 6 heteroatoms. The first-order chi connectivity index (χ1) is 9.13. The maximum Gasteiger partial charge on any atom is 0.323 e. The molecule has 0 radical (unpaired) electrons. The number of rotatable bonds is 1. The van der Waals surface area contributed by atoms with Gasteiger partial charge in [0, 0.05) is 18.7 Å². The van der Waals surface area contributed by atoms with E-state index >= 15 is 0 Å².